The van der Waals surface area contributed by atoms with Gasteiger partial charge in [0, 0.05) is 23.9 Å². The van der Waals surface area contributed by atoms with E-state index in [1.165, 1.54) is 16.8 Å². The van der Waals surface area contributed by atoms with Gasteiger partial charge in [-0.2, -0.15) is 12.6 Å². The van der Waals surface area contributed by atoms with Crippen molar-refractivity contribution in [2.45, 2.75) is 12.2 Å². The molecule has 0 aromatic heterocycles. The largest absolute Gasteiger partial charge is 0.319 e. The molecule has 1 aliphatic rings. The van der Waals surface area contributed by atoms with Crippen LogP contribution in [0.3, 0.4) is 0 Å². The van der Waals surface area contributed by atoms with Gasteiger partial charge < -0.3 is 20.3 Å². The van der Waals surface area contributed by atoms with E-state index < -0.39 is 24.0 Å². The highest BCUT2D eigenvalue weighted by Gasteiger charge is 2.36. The Bertz CT molecular complexity index is 948. The Morgan fingerprint density at radius 1 is 1.24 bits per heavy atom. The number of carbonyl (C=O) groups is 3. The van der Waals surface area contributed by atoms with Crippen molar-refractivity contribution in [1.29, 1.82) is 0 Å². The highest BCUT2D eigenvalue weighted by atomic mass is 32.1. The number of aldehydes is 1. The quantitative estimate of drug-likeness (QED) is 0.551. The molecule has 29 heavy (non-hydrogen) atoms. The summed E-state index contributed by atoms with van der Waals surface area (Å²) in [5, 5.41) is 0. The zero-order valence-corrected chi connectivity index (χ0v) is 16.8. The lowest BCUT2D eigenvalue weighted by Gasteiger charge is -2.29. The molecule has 0 spiro atoms. The minimum absolute atomic E-state index is 0.137. The van der Waals surface area contributed by atoms with Gasteiger partial charge in [0.2, 0.25) is 12.1 Å². The SMILES string of the molecule is CN(C(=O)[C@H](N)CS)C1N=C(c2ccccc2)c2ccccc2N(CC=O)C1=O. The Labute approximate surface area is 174 Å². The lowest BCUT2D eigenvalue weighted by Crippen LogP contribution is -2.53. The number of para-hydroxylation sites is 1. The van der Waals surface area contributed by atoms with E-state index in [-0.39, 0.29) is 12.3 Å². The number of aliphatic imine (C=N–C) groups is 1. The number of rotatable bonds is 6. The first-order valence-corrected chi connectivity index (χ1v) is 9.73. The summed E-state index contributed by atoms with van der Waals surface area (Å²) in [7, 11) is 1.48. The molecule has 0 fully saturated rings. The third kappa shape index (κ3) is 4.08. The number of benzodiazepines with no additional fused rings is 1. The average Bonchev–Trinajstić information content (AvgIpc) is 2.88. The minimum Gasteiger partial charge on any atom is -0.319 e. The Morgan fingerprint density at radius 2 is 1.90 bits per heavy atom. The average molecular weight is 410 g/mol. The molecule has 0 aliphatic carbocycles. The maximum Gasteiger partial charge on any atom is 0.272 e. The van der Waals surface area contributed by atoms with E-state index in [1.807, 2.05) is 42.5 Å². The third-order valence-electron chi connectivity index (χ3n) is 4.72. The summed E-state index contributed by atoms with van der Waals surface area (Å²) < 4.78 is 0. The summed E-state index contributed by atoms with van der Waals surface area (Å²) in [6, 6.07) is 15.8. The molecule has 7 nitrogen and oxygen atoms in total. The Kier molecular flexibility index (Phi) is 6.46. The predicted octanol–water partition coefficient (Wildman–Crippen LogP) is 1.11. The Hall–Kier alpha value is -2.97. The first-order chi connectivity index (χ1) is 14.0. The van der Waals surface area contributed by atoms with E-state index in [2.05, 4.69) is 17.6 Å². The van der Waals surface area contributed by atoms with Crippen LogP contribution in [0.25, 0.3) is 0 Å². The lowest BCUT2D eigenvalue weighted by atomic mass is 10.0. The molecular formula is C21H22N4O3S. The van der Waals surface area contributed by atoms with Crippen molar-refractivity contribution in [1.82, 2.24) is 4.90 Å². The van der Waals surface area contributed by atoms with Gasteiger partial charge in [0.1, 0.15) is 6.29 Å². The van der Waals surface area contributed by atoms with Crippen LogP contribution in [0.4, 0.5) is 5.69 Å². The second kappa shape index (κ2) is 9.02. The van der Waals surface area contributed by atoms with E-state index in [4.69, 9.17) is 5.73 Å². The van der Waals surface area contributed by atoms with Crippen LogP contribution in [-0.4, -0.2) is 60.3 Å². The van der Waals surface area contributed by atoms with Crippen molar-refractivity contribution in [2.24, 2.45) is 10.7 Å². The molecule has 8 heteroatoms. The number of nitrogens with two attached hydrogens (primary N) is 1. The molecule has 2 aromatic rings. The lowest BCUT2D eigenvalue weighted by molar-refractivity contribution is -0.138. The second-order valence-electron chi connectivity index (χ2n) is 6.59. The van der Waals surface area contributed by atoms with Crippen LogP contribution in [-0.2, 0) is 14.4 Å². The molecular weight excluding hydrogens is 388 g/mol. The highest BCUT2D eigenvalue weighted by Crippen LogP contribution is 2.29. The normalized spacial score (nSPS) is 17.1. The molecule has 0 bridgehead atoms. The smallest absolute Gasteiger partial charge is 0.272 e. The summed E-state index contributed by atoms with van der Waals surface area (Å²) in [5.41, 5.74) is 8.46. The van der Waals surface area contributed by atoms with Crippen molar-refractivity contribution in [3.05, 3.63) is 65.7 Å². The number of fused-ring (bicyclic) bond motifs is 1. The summed E-state index contributed by atoms with van der Waals surface area (Å²) in [5.74, 6) is -0.790. The number of amides is 2. The van der Waals surface area contributed by atoms with Gasteiger partial charge in [-0.05, 0) is 6.07 Å². The number of likely N-dealkylation sites (N-methyl/N-ethyl adjacent to an activating group) is 1. The topological polar surface area (TPSA) is 96.1 Å². The van der Waals surface area contributed by atoms with Crippen LogP contribution in [0, 0.1) is 0 Å². The van der Waals surface area contributed by atoms with Crippen molar-refractivity contribution < 1.29 is 14.4 Å². The minimum atomic E-state index is -1.16. The Morgan fingerprint density at radius 3 is 2.55 bits per heavy atom. The van der Waals surface area contributed by atoms with Crippen molar-refractivity contribution in [2.75, 3.05) is 24.2 Å². The number of nitrogens with zero attached hydrogens (tertiary/aromatic N) is 3. The summed E-state index contributed by atoms with van der Waals surface area (Å²) >= 11 is 4.07. The Balaban J connectivity index is 2.20. The first kappa shape index (κ1) is 20.8. The molecule has 2 aromatic carbocycles. The predicted molar refractivity (Wildman–Crippen MR) is 115 cm³/mol. The van der Waals surface area contributed by atoms with Gasteiger partial charge in [0.15, 0.2) is 0 Å². The van der Waals surface area contributed by atoms with Crippen molar-refractivity contribution >= 4 is 42.1 Å². The molecule has 1 unspecified atom stereocenters. The maximum absolute atomic E-state index is 13.3. The molecule has 0 saturated carbocycles. The molecule has 2 N–H and O–H groups in total. The first-order valence-electron chi connectivity index (χ1n) is 9.10. The molecule has 0 saturated heterocycles. The van der Waals surface area contributed by atoms with Crippen LogP contribution in [0.5, 0.6) is 0 Å². The molecule has 3 rings (SSSR count). The summed E-state index contributed by atoms with van der Waals surface area (Å²) in [4.78, 5) is 44.5. The molecule has 1 aliphatic heterocycles. The van der Waals surface area contributed by atoms with Crippen LogP contribution < -0.4 is 10.6 Å². The molecule has 0 radical (unpaired) electrons. The van der Waals surface area contributed by atoms with Crippen molar-refractivity contribution in [3.8, 4) is 0 Å². The van der Waals surface area contributed by atoms with Crippen LogP contribution in [0.15, 0.2) is 59.6 Å². The third-order valence-corrected chi connectivity index (χ3v) is 5.11. The molecule has 1 heterocycles. The zero-order valence-electron chi connectivity index (χ0n) is 15.9. The number of thiol groups is 1. The van der Waals surface area contributed by atoms with Gasteiger partial charge >= 0.3 is 0 Å². The van der Waals surface area contributed by atoms with E-state index in [9.17, 15) is 14.4 Å². The molecule has 150 valence electrons. The van der Waals surface area contributed by atoms with Crippen LogP contribution in [0.2, 0.25) is 0 Å². The number of carbonyl (C=O) groups excluding carboxylic acids is 3. The van der Waals surface area contributed by atoms with E-state index >= 15 is 0 Å². The van der Waals surface area contributed by atoms with Gasteiger partial charge in [0.25, 0.3) is 5.91 Å². The fourth-order valence-corrected chi connectivity index (χ4v) is 3.37. The van der Waals surface area contributed by atoms with E-state index in [0.717, 1.165) is 5.56 Å². The monoisotopic (exact) mass is 410 g/mol. The fourth-order valence-electron chi connectivity index (χ4n) is 3.22. The highest BCUT2D eigenvalue weighted by molar-refractivity contribution is 7.80. The van der Waals surface area contributed by atoms with Crippen LogP contribution in [0.1, 0.15) is 11.1 Å². The van der Waals surface area contributed by atoms with E-state index in [1.54, 1.807) is 12.1 Å². The zero-order chi connectivity index (χ0) is 21.0. The maximum atomic E-state index is 13.3. The molecule has 2 amide bonds. The van der Waals surface area contributed by atoms with Gasteiger partial charge in [-0.25, -0.2) is 4.99 Å². The van der Waals surface area contributed by atoms with E-state index in [0.29, 0.717) is 23.2 Å². The summed E-state index contributed by atoms with van der Waals surface area (Å²) in [6.07, 6.45) is -0.503. The van der Waals surface area contributed by atoms with Gasteiger partial charge in [0.05, 0.1) is 24.0 Å². The number of benzene rings is 2. The number of anilines is 1. The van der Waals surface area contributed by atoms with Gasteiger partial charge in [-0.3, -0.25) is 9.59 Å². The van der Waals surface area contributed by atoms with Gasteiger partial charge in [-0.15, -0.1) is 0 Å². The standard InChI is InChI=1S/C21H22N4O3S/c1-24(20(27)16(22)13-29)19-21(28)25(11-12-26)17-10-6-5-9-15(17)18(23-19)14-7-3-2-4-8-14/h2-10,12,16,19,29H,11,13,22H2,1H3/t16-,19?/m1/s1. The number of hydrogen-bond acceptors (Lipinski definition) is 6. The summed E-state index contributed by atoms with van der Waals surface area (Å²) in [6.45, 7) is -0.148. The van der Waals surface area contributed by atoms with Crippen LogP contribution >= 0.6 is 12.6 Å². The van der Waals surface area contributed by atoms with Gasteiger partial charge in [-0.1, -0.05) is 48.5 Å². The second-order valence-corrected chi connectivity index (χ2v) is 6.95. The molecule has 2 atom stereocenters. The fraction of sp³-hybridized carbons (Fsp3) is 0.238. The number of hydrogen-bond donors (Lipinski definition) is 2. The van der Waals surface area contributed by atoms with Crippen molar-refractivity contribution in [3.63, 3.8) is 0 Å².